The van der Waals surface area contributed by atoms with E-state index in [2.05, 4.69) is 32.1 Å². The molecule has 0 rings (SSSR count). The van der Waals surface area contributed by atoms with Crippen LogP contribution in [0, 0.1) is 0 Å². The van der Waals surface area contributed by atoms with Gasteiger partial charge in [0.25, 0.3) is 0 Å². The summed E-state index contributed by atoms with van der Waals surface area (Å²) in [6, 6.07) is 0. The minimum absolute atomic E-state index is 0.598. The third kappa shape index (κ3) is 7.16. The maximum atomic E-state index is 4.00. The van der Waals surface area contributed by atoms with Crippen LogP contribution in [0.1, 0.15) is 39.5 Å². The molecule has 0 aliphatic rings. The van der Waals surface area contributed by atoms with Gasteiger partial charge in [-0.05, 0) is 21.9 Å². The molecule has 0 fully saturated rings. The lowest BCUT2D eigenvalue weighted by molar-refractivity contribution is 0.437. The van der Waals surface area contributed by atoms with Crippen molar-refractivity contribution in [2.45, 2.75) is 39.5 Å². The summed E-state index contributed by atoms with van der Waals surface area (Å²) in [7, 11) is 3.77. The van der Waals surface area contributed by atoms with Gasteiger partial charge in [0.1, 0.15) is 0 Å². The topological polar surface area (TPSA) is 15.6 Å². The standard InChI is InChI=1S/C8H20N2P2/c1-3-5-7-10(12-9-11)8-6-4-2/h11-12H,3-8H2,1-2H3. The minimum Gasteiger partial charge on any atom is -0.266 e. The van der Waals surface area contributed by atoms with E-state index < -0.39 is 0 Å². The summed E-state index contributed by atoms with van der Waals surface area (Å²) < 4.78 is 6.42. The molecule has 12 heavy (non-hydrogen) atoms. The highest BCUT2D eigenvalue weighted by atomic mass is 31.1. The maximum absolute atomic E-state index is 4.00. The molecule has 0 aromatic rings. The van der Waals surface area contributed by atoms with Crippen molar-refractivity contribution < 1.29 is 0 Å². The largest absolute Gasteiger partial charge is 0.266 e. The SMILES string of the molecule is CCCCN(CCCC)PN=P. The first kappa shape index (κ1) is 12.5. The van der Waals surface area contributed by atoms with Gasteiger partial charge in [0.2, 0.25) is 0 Å². The van der Waals surface area contributed by atoms with Gasteiger partial charge >= 0.3 is 0 Å². The molecule has 0 radical (unpaired) electrons. The van der Waals surface area contributed by atoms with Crippen molar-refractivity contribution in [3.8, 4) is 0 Å². The van der Waals surface area contributed by atoms with Gasteiger partial charge < -0.3 is 0 Å². The number of hydrogen-bond donors (Lipinski definition) is 0. The number of unbranched alkanes of at least 4 members (excludes halogenated alkanes) is 2. The molecule has 0 saturated heterocycles. The Morgan fingerprint density at radius 3 is 2.00 bits per heavy atom. The Hall–Kier alpha value is 0.490. The average Bonchev–Trinajstić information content (AvgIpc) is 2.10. The predicted molar refractivity (Wildman–Crippen MR) is 60.4 cm³/mol. The van der Waals surface area contributed by atoms with Gasteiger partial charge in [-0.3, -0.25) is 4.67 Å². The Morgan fingerprint density at radius 1 is 1.17 bits per heavy atom. The lowest BCUT2D eigenvalue weighted by atomic mass is 10.3. The fraction of sp³-hybridized carbons (Fsp3) is 1.00. The van der Waals surface area contributed by atoms with Crippen LogP contribution in [-0.2, 0) is 0 Å². The first-order valence-corrected chi connectivity index (χ1v) is 6.06. The van der Waals surface area contributed by atoms with Crippen LogP contribution in [-0.4, -0.2) is 17.8 Å². The summed E-state index contributed by atoms with van der Waals surface area (Å²) in [5.74, 6) is 0. The van der Waals surface area contributed by atoms with Gasteiger partial charge in [-0.1, -0.05) is 26.7 Å². The number of hydrogen-bond acceptors (Lipinski definition) is 2. The molecule has 0 aliphatic heterocycles. The second-order valence-electron chi connectivity index (χ2n) is 2.91. The molecule has 0 aliphatic carbocycles. The highest BCUT2D eigenvalue weighted by Gasteiger charge is 2.01. The smallest absolute Gasteiger partial charge is 0.0791 e. The lowest BCUT2D eigenvalue weighted by Crippen LogP contribution is -2.15. The summed E-state index contributed by atoms with van der Waals surface area (Å²) in [5, 5.41) is 0. The van der Waals surface area contributed by atoms with Crippen LogP contribution in [0.15, 0.2) is 4.52 Å². The van der Waals surface area contributed by atoms with Crippen LogP contribution in [0.4, 0.5) is 0 Å². The first-order valence-electron chi connectivity index (χ1n) is 4.72. The first-order chi connectivity index (χ1) is 5.85. The molecule has 0 saturated carbocycles. The molecule has 0 spiro atoms. The fourth-order valence-corrected chi connectivity index (χ4v) is 2.06. The minimum atomic E-state index is 0.598. The van der Waals surface area contributed by atoms with Crippen molar-refractivity contribution in [2.24, 2.45) is 4.52 Å². The van der Waals surface area contributed by atoms with Gasteiger partial charge in [-0.2, -0.15) is 0 Å². The van der Waals surface area contributed by atoms with E-state index in [0.717, 1.165) is 0 Å². The van der Waals surface area contributed by atoms with E-state index in [1.54, 1.807) is 0 Å². The molecule has 1 unspecified atom stereocenters. The summed E-state index contributed by atoms with van der Waals surface area (Å²) in [4.78, 5) is 0. The summed E-state index contributed by atoms with van der Waals surface area (Å²) in [6.07, 6.45) is 5.13. The van der Waals surface area contributed by atoms with Crippen molar-refractivity contribution in [2.75, 3.05) is 13.1 Å². The van der Waals surface area contributed by atoms with Gasteiger partial charge in [-0.25, -0.2) is 4.52 Å². The Bertz CT molecular complexity index is 101. The molecule has 1 atom stereocenters. The normalized spacial score (nSPS) is 11.6. The highest BCUT2D eigenvalue weighted by molar-refractivity contribution is 7.38. The molecule has 72 valence electrons. The van der Waals surface area contributed by atoms with Crippen LogP contribution in [0.5, 0.6) is 0 Å². The molecule has 2 nitrogen and oxygen atoms in total. The molecule has 0 bridgehead atoms. The van der Waals surface area contributed by atoms with Crippen LogP contribution < -0.4 is 0 Å². The van der Waals surface area contributed by atoms with Gasteiger partial charge in [0.05, 0.1) is 8.88 Å². The van der Waals surface area contributed by atoms with Crippen molar-refractivity contribution in [3.05, 3.63) is 0 Å². The molecule has 0 N–H and O–H groups in total. The monoisotopic (exact) mass is 206 g/mol. The summed E-state index contributed by atoms with van der Waals surface area (Å²) in [6.45, 7) is 6.85. The number of rotatable bonds is 8. The molecule has 0 aromatic heterocycles. The van der Waals surface area contributed by atoms with Crippen LogP contribution in [0.3, 0.4) is 0 Å². The third-order valence-corrected chi connectivity index (χ3v) is 2.88. The zero-order chi connectivity index (χ0) is 9.23. The molecule has 0 aromatic carbocycles. The zero-order valence-corrected chi connectivity index (χ0v) is 10.1. The van der Waals surface area contributed by atoms with Crippen molar-refractivity contribution in [3.63, 3.8) is 0 Å². The Kier molecular flexibility index (Phi) is 9.97. The van der Waals surface area contributed by atoms with Gasteiger partial charge in [0.15, 0.2) is 0 Å². The lowest BCUT2D eigenvalue weighted by Gasteiger charge is -2.17. The Balaban J connectivity index is 3.46. The summed E-state index contributed by atoms with van der Waals surface area (Å²) >= 11 is 0. The molecular formula is C8H20N2P2. The molecule has 0 heterocycles. The van der Waals surface area contributed by atoms with E-state index in [1.165, 1.54) is 38.8 Å². The second kappa shape index (κ2) is 9.58. The van der Waals surface area contributed by atoms with E-state index >= 15 is 0 Å². The predicted octanol–water partition coefficient (Wildman–Crippen LogP) is 3.72. The van der Waals surface area contributed by atoms with Crippen LogP contribution >= 0.6 is 17.9 Å². The van der Waals surface area contributed by atoms with Gasteiger partial charge in [0, 0.05) is 13.1 Å². The average molecular weight is 206 g/mol. The van der Waals surface area contributed by atoms with E-state index in [4.69, 9.17) is 0 Å². The summed E-state index contributed by atoms with van der Waals surface area (Å²) in [5.41, 5.74) is 0. The fourth-order valence-electron chi connectivity index (χ4n) is 0.980. The van der Waals surface area contributed by atoms with Crippen LogP contribution in [0.25, 0.3) is 0 Å². The van der Waals surface area contributed by atoms with E-state index in [-0.39, 0.29) is 0 Å². The quantitative estimate of drug-likeness (QED) is 0.552. The molecule has 4 heteroatoms. The second-order valence-corrected chi connectivity index (χ2v) is 4.63. The Labute approximate surface area is 80.3 Å². The van der Waals surface area contributed by atoms with Crippen molar-refractivity contribution in [1.29, 1.82) is 0 Å². The highest BCUT2D eigenvalue weighted by Crippen LogP contribution is 2.21. The molecular weight excluding hydrogens is 186 g/mol. The molecule has 0 amide bonds. The van der Waals surface area contributed by atoms with Crippen molar-refractivity contribution in [1.82, 2.24) is 4.67 Å². The van der Waals surface area contributed by atoms with E-state index in [9.17, 15) is 0 Å². The van der Waals surface area contributed by atoms with E-state index in [1.807, 2.05) is 0 Å². The van der Waals surface area contributed by atoms with Gasteiger partial charge in [-0.15, -0.1) is 0 Å². The van der Waals surface area contributed by atoms with Crippen LogP contribution in [0.2, 0.25) is 0 Å². The zero-order valence-electron chi connectivity index (χ0n) is 8.14. The van der Waals surface area contributed by atoms with E-state index in [0.29, 0.717) is 8.88 Å². The van der Waals surface area contributed by atoms with Crippen molar-refractivity contribution >= 4 is 17.9 Å². The number of nitrogens with zero attached hydrogens (tertiary/aromatic N) is 2. The maximum Gasteiger partial charge on any atom is 0.0791 e. The Morgan fingerprint density at radius 2 is 1.67 bits per heavy atom. The third-order valence-electron chi connectivity index (χ3n) is 1.75.